The van der Waals surface area contributed by atoms with E-state index in [4.69, 9.17) is 4.74 Å². The quantitative estimate of drug-likeness (QED) is 0.636. The van der Waals surface area contributed by atoms with Gasteiger partial charge in [0.05, 0.1) is 12.1 Å². The minimum absolute atomic E-state index is 0.0198. The number of aromatic nitrogens is 2. The molecule has 1 amide bonds. The minimum atomic E-state index is -0.174. The summed E-state index contributed by atoms with van der Waals surface area (Å²) in [4.78, 5) is 23.1. The Morgan fingerprint density at radius 1 is 1.13 bits per heavy atom. The van der Waals surface area contributed by atoms with Gasteiger partial charge in [-0.25, -0.2) is 4.98 Å². The molecule has 1 atom stereocenters. The molecule has 6 heteroatoms. The molecule has 3 fully saturated rings. The molecule has 2 heterocycles. The van der Waals surface area contributed by atoms with E-state index in [1.165, 1.54) is 36.1 Å². The summed E-state index contributed by atoms with van der Waals surface area (Å²) < 4.78 is 5.54. The van der Waals surface area contributed by atoms with Crippen molar-refractivity contribution in [3.8, 4) is 0 Å². The van der Waals surface area contributed by atoms with Crippen LogP contribution in [0.15, 0.2) is 41.7 Å². The summed E-state index contributed by atoms with van der Waals surface area (Å²) in [6.45, 7) is 1.60. The smallest absolute Gasteiger partial charge is 0.233 e. The van der Waals surface area contributed by atoms with Gasteiger partial charge >= 0.3 is 0 Å². The van der Waals surface area contributed by atoms with Crippen molar-refractivity contribution in [1.82, 2.24) is 9.97 Å². The van der Waals surface area contributed by atoms with Gasteiger partial charge < -0.3 is 10.1 Å². The zero-order valence-corrected chi connectivity index (χ0v) is 18.1. The second kappa shape index (κ2) is 9.06. The number of rotatable bonds is 8. The van der Waals surface area contributed by atoms with Gasteiger partial charge in [-0.15, -0.1) is 11.8 Å². The molecule has 30 heavy (non-hydrogen) atoms. The molecule has 1 aliphatic heterocycles. The highest BCUT2D eigenvalue weighted by Gasteiger charge is 2.32. The molecular weight excluding hydrogens is 394 g/mol. The van der Waals surface area contributed by atoms with Crippen molar-refractivity contribution in [2.24, 2.45) is 5.92 Å². The van der Waals surface area contributed by atoms with E-state index in [0.717, 1.165) is 43.3 Å². The van der Waals surface area contributed by atoms with Gasteiger partial charge in [-0.2, -0.15) is 0 Å². The van der Waals surface area contributed by atoms with E-state index in [1.807, 2.05) is 11.8 Å². The van der Waals surface area contributed by atoms with Crippen molar-refractivity contribution in [1.29, 1.82) is 0 Å². The molecule has 5 nitrogen and oxygen atoms in total. The summed E-state index contributed by atoms with van der Waals surface area (Å²) in [6, 6.07) is 6.80. The van der Waals surface area contributed by atoms with Crippen molar-refractivity contribution < 1.29 is 9.53 Å². The number of nitrogens with zero attached hydrogens (tertiary/aromatic N) is 2. The fourth-order valence-electron chi connectivity index (χ4n) is 4.26. The van der Waals surface area contributed by atoms with Crippen molar-refractivity contribution in [2.75, 3.05) is 18.5 Å². The van der Waals surface area contributed by atoms with Crippen LogP contribution >= 0.6 is 11.8 Å². The van der Waals surface area contributed by atoms with Crippen molar-refractivity contribution in [3.05, 3.63) is 47.9 Å². The Hall–Kier alpha value is -1.92. The lowest BCUT2D eigenvalue weighted by Gasteiger charge is -2.27. The normalized spacial score (nSPS) is 20.7. The number of amides is 1. The topological polar surface area (TPSA) is 64.1 Å². The zero-order chi connectivity index (χ0) is 20.3. The van der Waals surface area contributed by atoms with Crippen molar-refractivity contribution >= 4 is 23.5 Å². The maximum absolute atomic E-state index is 13.3. The first kappa shape index (κ1) is 20.0. The summed E-state index contributed by atoms with van der Waals surface area (Å²) in [5.41, 5.74) is 2.61. The average Bonchev–Trinajstić information content (AvgIpc) is 3.69. The van der Waals surface area contributed by atoms with Gasteiger partial charge in [-0.05, 0) is 74.0 Å². The molecule has 3 aliphatic rings. The second-order valence-corrected chi connectivity index (χ2v) is 10.2. The summed E-state index contributed by atoms with van der Waals surface area (Å²) in [5.74, 6) is 1.56. The molecule has 0 bridgehead atoms. The Balaban J connectivity index is 1.41. The van der Waals surface area contributed by atoms with Crippen LogP contribution in [0.3, 0.4) is 0 Å². The summed E-state index contributed by atoms with van der Waals surface area (Å²) in [6.07, 6.45) is 13.0. The van der Waals surface area contributed by atoms with Crippen LogP contribution in [-0.2, 0) is 9.53 Å². The highest BCUT2D eigenvalue weighted by molar-refractivity contribution is 8.00. The van der Waals surface area contributed by atoms with E-state index >= 15 is 0 Å². The molecule has 0 spiro atoms. The van der Waals surface area contributed by atoms with Gasteiger partial charge in [0.1, 0.15) is 0 Å². The molecular formula is C24H29N3O2S. The van der Waals surface area contributed by atoms with Gasteiger partial charge in [0.2, 0.25) is 5.91 Å². The molecule has 2 saturated carbocycles. The third-order valence-electron chi connectivity index (χ3n) is 6.31. The highest BCUT2D eigenvalue weighted by Crippen LogP contribution is 2.49. The van der Waals surface area contributed by atoms with E-state index in [0.29, 0.717) is 17.7 Å². The van der Waals surface area contributed by atoms with Crippen LogP contribution < -0.4 is 5.32 Å². The first-order valence-electron chi connectivity index (χ1n) is 11.2. The fourth-order valence-corrected chi connectivity index (χ4v) is 5.50. The standard InChI is InChI=1S/C24H29N3O2S/c28-24(27-23-15-25-9-10-26-23)21(13-16-7-11-29-12-8-16)18-3-6-22(30-19-4-5-19)20(14-18)17-1-2-17/h3,6,9-10,14-17,19,21H,1-2,4-5,7-8,11-13H2,(H,26,27,28)/t21-/m1/s1. The lowest BCUT2D eigenvalue weighted by Crippen LogP contribution is -2.26. The molecule has 0 unspecified atom stereocenters. The maximum Gasteiger partial charge on any atom is 0.233 e. The molecule has 5 rings (SSSR count). The Labute approximate surface area is 182 Å². The number of nitrogens with one attached hydrogen (secondary N) is 1. The SMILES string of the molecule is O=C(Nc1cnccn1)[C@H](CC1CCOCC1)c1ccc(SC2CC2)c(C2CC2)c1. The molecule has 1 saturated heterocycles. The number of carbonyl (C=O) groups excluding carboxylic acids is 1. The van der Waals surface area contributed by atoms with Crippen LogP contribution in [0.1, 0.15) is 67.9 Å². The number of ether oxygens (including phenoxy) is 1. The Bertz CT molecular complexity index is 877. The lowest BCUT2D eigenvalue weighted by molar-refractivity contribution is -0.118. The first-order chi connectivity index (χ1) is 14.8. The van der Waals surface area contributed by atoms with E-state index in [2.05, 4.69) is 33.5 Å². The molecule has 1 aromatic heterocycles. The Kier molecular flexibility index (Phi) is 6.05. The number of benzene rings is 1. The van der Waals surface area contributed by atoms with Crippen LogP contribution in [0.5, 0.6) is 0 Å². The maximum atomic E-state index is 13.3. The zero-order valence-electron chi connectivity index (χ0n) is 17.3. The van der Waals surface area contributed by atoms with Crippen molar-refractivity contribution in [2.45, 2.75) is 66.9 Å². The monoisotopic (exact) mass is 423 g/mol. The largest absolute Gasteiger partial charge is 0.381 e. The molecule has 2 aliphatic carbocycles. The minimum Gasteiger partial charge on any atom is -0.381 e. The predicted octanol–water partition coefficient (Wildman–Crippen LogP) is 5.15. The van der Waals surface area contributed by atoms with E-state index < -0.39 is 0 Å². The fraction of sp³-hybridized carbons (Fsp3) is 0.542. The molecule has 2 aromatic rings. The van der Waals surface area contributed by atoms with Crippen LogP contribution in [0, 0.1) is 5.92 Å². The number of anilines is 1. The summed E-state index contributed by atoms with van der Waals surface area (Å²) in [5, 5.41) is 3.80. The third kappa shape index (κ3) is 5.03. The van der Waals surface area contributed by atoms with Gasteiger partial charge in [-0.1, -0.05) is 12.1 Å². The summed E-state index contributed by atoms with van der Waals surface area (Å²) in [7, 11) is 0. The molecule has 0 radical (unpaired) electrons. The van der Waals surface area contributed by atoms with Gasteiger partial charge in [0.25, 0.3) is 0 Å². The lowest BCUT2D eigenvalue weighted by atomic mass is 9.83. The number of thioether (sulfide) groups is 1. The second-order valence-electron chi connectivity index (χ2n) is 8.81. The predicted molar refractivity (Wildman–Crippen MR) is 119 cm³/mol. The Morgan fingerprint density at radius 3 is 2.67 bits per heavy atom. The molecule has 1 N–H and O–H groups in total. The number of hydrogen-bond donors (Lipinski definition) is 1. The average molecular weight is 424 g/mol. The number of carbonyl (C=O) groups is 1. The molecule has 158 valence electrons. The van der Waals surface area contributed by atoms with Gasteiger partial charge in [-0.3, -0.25) is 9.78 Å². The first-order valence-corrected chi connectivity index (χ1v) is 12.1. The van der Waals surface area contributed by atoms with E-state index in [-0.39, 0.29) is 11.8 Å². The van der Waals surface area contributed by atoms with Crippen LogP contribution in [0.4, 0.5) is 5.82 Å². The van der Waals surface area contributed by atoms with E-state index in [9.17, 15) is 4.79 Å². The van der Waals surface area contributed by atoms with Crippen LogP contribution in [0.25, 0.3) is 0 Å². The highest BCUT2D eigenvalue weighted by atomic mass is 32.2. The van der Waals surface area contributed by atoms with Crippen LogP contribution in [-0.4, -0.2) is 34.3 Å². The molecule has 1 aromatic carbocycles. The van der Waals surface area contributed by atoms with Crippen molar-refractivity contribution in [3.63, 3.8) is 0 Å². The third-order valence-corrected chi connectivity index (χ3v) is 7.74. The Morgan fingerprint density at radius 2 is 1.97 bits per heavy atom. The van der Waals surface area contributed by atoms with E-state index in [1.54, 1.807) is 18.6 Å². The van der Waals surface area contributed by atoms with Gasteiger partial charge in [0, 0.05) is 35.8 Å². The summed E-state index contributed by atoms with van der Waals surface area (Å²) >= 11 is 2.04. The number of hydrogen-bond acceptors (Lipinski definition) is 5. The van der Waals surface area contributed by atoms with Gasteiger partial charge in [0.15, 0.2) is 5.82 Å². The van der Waals surface area contributed by atoms with Crippen LogP contribution in [0.2, 0.25) is 0 Å².